The Kier molecular flexibility index (Phi) is 4.67. The largest absolute Gasteiger partial charge is 0.326 e. The maximum absolute atomic E-state index is 12.3. The summed E-state index contributed by atoms with van der Waals surface area (Å²) in [5, 5.41) is 1.71. The fraction of sp³-hybridized carbons (Fsp3) is 0.0909. The van der Waals surface area contributed by atoms with Crippen LogP contribution in [-0.2, 0) is 16.6 Å². The topological polar surface area (TPSA) is 72.2 Å². The molecule has 1 aromatic carbocycles. The van der Waals surface area contributed by atoms with Crippen molar-refractivity contribution in [2.24, 2.45) is 5.73 Å². The Balaban J connectivity index is 2.39. The minimum absolute atomic E-state index is 0.202. The molecule has 3 N–H and O–H groups in total. The molecule has 0 aliphatic carbocycles. The molecule has 0 bridgehead atoms. The van der Waals surface area contributed by atoms with E-state index in [-0.39, 0.29) is 11.4 Å². The SMILES string of the molecule is NCc1sccc1S(=O)(=O)Nc1cc(Br)ccc1Br. The first kappa shape index (κ1) is 15.0. The average Bonchev–Trinajstić information content (AvgIpc) is 2.82. The van der Waals surface area contributed by atoms with Crippen LogP contribution in [-0.4, -0.2) is 8.42 Å². The number of hydrogen-bond acceptors (Lipinski definition) is 4. The van der Waals surface area contributed by atoms with Gasteiger partial charge in [-0.15, -0.1) is 11.3 Å². The molecule has 2 aromatic rings. The molecule has 1 heterocycles. The van der Waals surface area contributed by atoms with Crippen LogP contribution in [0.4, 0.5) is 5.69 Å². The monoisotopic (exact) mass is 424 g/mol. The molecular formula is C11H10Br2N2O2S2. The summed E-state index contributed by atoms with van der Waals surface area (Å²) in [5.74, 6) is 0. The Labute approximate surface area is 132 Å². The number of thiophene rings is 1. The Morgan fingerprint density at radius 3 is 2.68 bits per heavy atom. The number of sulfonamides is 1. The van der Waals surface area contributed by atoms with E-state index < -0.39 is 10.0 Å². The molecule has 102 valence electrons. The van der Waals surface area contributed by atoms with Crippen LogP contribution in [0, 0.1) is 0 Å². The first-order valence-corrected chi connectivity index (χ1v) is 9.13. The fourth-order valence-electron chi connectivity index (χ4n) is 1.49. The maximum atomic E-state index is 12.3. The fourth-order valence-corrected chi connectivity index (χ4v) is 4.74. The summed E-state index contributed by atoms with van der Waals surface area (Å²) in [7, 11) is -3.62. The highest BCUT2D eigenvalue weighted by Gasteiger charge is 2.20. The summed E-state index contributed by atoms with van der Waals surface area (Å²) < 4.78 is 28.6. The molecule has 8 heteroatoms. The summed E-state index contributed by atoms with van der Waals surface area (Å²) in [6.07, 6.45) is 0. The van der Waals surface area contributed by atoms with Gasteiger partial charge in [-0.3, -0.25) is 4.72 Å². The summed E-state index contributed by atoms with van der Waals surface area (Å²) in [5.41, 5.74) is 6.02. The van der Waals surface area contributed by atoms with Crippen molar-refractivity contribution in [2.45, 2.75) is 11.4 Å². The van der Waals surface area contributed by atoms with E-state index in [1.807, 2.05) is 6.07 Å². The number of anilines is 1. The van der Waals surface area contributed by atoms with E-state index in [1.54, 1.807) is 23.6 Å². The zero-order chi connectivity index (χ0) is 14.0. The van der Waals surface area contributed by atoms with E-state index in [1.165, 1.54) is 11.3 Å². The van der Waals surface area contributed by atoms with Crippen LogP contribution >= 0.6 is 43.2 Å². The second-order valence-corrected chi connectivity index (χ2v) is 8.06. The summed E-state index contributed by atoms with van der Waals surface area (Å²) >= 11 is 7.95. The van der Waals surface area contributed by atoms with Gasteiger partial charge in [0.05, 0.1) is 5.69 Å². The number of benzene rings is 1. The number of halogens is 2. The standard InChI is InChI=1S/C11H10Br2N2O2S2/c12-7-1-2-8(13)9(5-7)15-19(16,17)11-3-4-18-10(11)6-14/h1-5,15H,6,14H2. The molecule has 0 atom stereocenters. The molecule has 0 radical (unpaired) electrons. The lowest BCUT2D eigenvalue weighted by molar-refractivity contribution is 0.600. The minimum atomic E-state index is -3.62. The predicted octanol–water partition coefficient (Wildman–Crippen LogP) is 3.53. The van der Waals surface area contributed by atoms with Crippen LogP contribution in [0.1, 0.15) is 4.88 Å². The van der Waals surface area contributed by atoms with Crippen LogP contribution in [0.2, 0.25) is 0 Å². The van der Waals surface area contributed by atoms with Gasteiger partial charge in [0.15, 0.2) is 0 Å². The number of nitrogens with one attached hydrogen (secondary N) is 1. The minimum Gasteiger partial charge on any atom is -0.326 e. The van der Waals surface area contributed by atoms with Crippen molar-refractivity contribution in [1.29, 1.82) is 0 Å². The van der Waals surface area contributed by atoms with Gasteiger partial charge in [0.1, 0.15) is 4.90 Å². The second-order valence-electron chi connectivity index (χ2n) is 3.64. The molecule has 2 rings (SSSR count). The van der Waals surface area contributed by atoms with Crippen LogP contribution in [0.5, 0.6) is 0 Å². The van der Waals surface area contributed by atoms with Crippen molar-refractivity contribution < 1.29 is 8.42 Å². The molecule has 0 unspecified atom stereocenters. The molecular weight excluding hydrogens is 416 g/mol. The first-order valence-electron chi connectivity index (χ1n) is 5.18. The highest BCUT2D eigenvalue weighted by Crippen LogP contribution is 2.30. The van der Waals surface area contributed by atoms with E-state index >= 15 is 0 Å². The second kappa shape index (κ2) is 5.92. The van der Waals surface area contributed by atoms with Crippen molar-refractivity contribution in [3.8, 4) is 0 Å². The van der Waals surface area contributed by atoms with Gasteiger partial charge < -0.3 is 5.73 Å². The van der Waals surface area contributed by atoms with Gasteiger partial charge in [0.2, 0.25) is 0 Å². The normalized spacial score (nSPS) is 11.5. The third kappa shape index (κ3) is 3.38. The zero-order valence-electron chi connectivity index (χ0n) is 9.56. The van der Waals surface area contributed by atoms with Crippen molar-refractivity contribution in [2.75, 3.05) is 4.72 Å². The summed E-state index contributed by atoms with van der Waals surface area (Å²) in [6, 6.07) is 6.83. The Morgan fingerprint density at radius 2 is 2.00 bits per heavy atom. The van der Waals surface area contributed by atoms with Gasteiger partial charge in [-0.2, -0.15) is 0 Å². The highest BCUT2D eigenvalue weighted by atomic mass is 79.9. The van der Waals surface area contributed by atoms with Gasteiger partial charge in [-0.25, -0.2) is 8.42 Å². The van der Waals surface area contributed by atoms with E-state index in [4.69, 9.17) is 5.73 Å². The smallest absolute Gasteiger partial charge is 0.263 e. The molecule has 19 heavy (non-hydrogen) atoms. The van der Waals surface area contributed by atoms with E-state index in [9.17, 15) is 8.42 Å². The molecule has 0 spiro atoms. The van der Waals surface area contributed by atoms with Gasteiger partial charge in [-0.05, 0) is 45.6 Å². The zero-order valence-corrected chi connectivity index (χ0v) is 14.4. The molecule has 0 amide bonds. The van der Waals surface area contributed by atoms with Gasteiger partial charge in [0, 0.05) is 20.4 Å². The maximum Gasteiger partial charge on any atom is 0.263 e. The third-order valence-corrected chi connectivity index (χ3v) is 6.06. The lowest BCUT2D eigenvalue weighted by atomic mass is 10.3. The third-order valence-electron chi connectivity index (χ3n) is 2.35. The van der Waals surface area contributed by atoms with Crippen LogP contribution in [0.3, 0.4) is 0 Å². The molecule has 0 aliphatic rings. The van der Waals surface area contributed by atoms with Crippen LogP contribution in [0.15, 0.2) is 43.5 Å². The van der Waals surface area contributed by atoms with Crippen molar-refractivity contribution in [1.82, 2.24) is 0 Å². The summed E-state index contributed by atoms with van der Waals surface area (Å²) in [4.78, 5) is 0.866. The predicted molar refractivity (Wildman–Crippen MR) is 84.9 cm³/mol. The lowest BCUT2D eigenvalue weighted by Crippen LogP contribution is -2.15. The van der Waals surface area contributed by atoms with E-state index in [0.717, 1.165) is 4.47 Å². The number of nitrogens with two attached hydrogens (primary N) is 1. The quantitative estimate of drug-likeness (QED) is 0.786. The Morgan fingerprint density at radius 1 is 1.26 bits per heavy atom. The molecule has 0 saturated heterocycles. The Hall–Kier alpha value is -0.410. The van der Waals surface area contributed by atoms with Crippen molar-refractivity contribution in [3.63, 3.8) is 0 Å². The molecule has 0 saturated carbocycles. The van der Waals surface area contributed by atoms with Crippen LogP contribution in [0.25, 0.3) is 0 Å². The first-order chi connectivity index (χ1) is 8.94. The van der Waals surface area contributed by atoms with Gasteiger partial charge in [-0.1, -0.05) is 15.9 Å². The summed E-state index contributed by atoms with van der Waals surface area (Å²) in [6.45, 7) is 0.202. The average molecular weight is 426 g/mol. The van der Waals surface area contributed by atoms with E-state index in [2.05, 4.69) is 36.6 Å². The van der Waals surface area contributed by atoms with Gasteiger partial charge >= 0.3 is 0 Å². The van der Waals surface area contributed by atoms with Gasteiger partial charge in [0.25, 0.3) is 10.0 Å². The van der Waals surface area contributed by atoms with Crippen LogP contribution < -0.4 is 10.5 Å². The molecule has 0 aliphatic heterocycles. The van der Waals surface area contributed by atoms with Crippen molar-refractivity contribution >= 4 is 58.9 Å². The molecule has 4 nitrogen and oxygen atoms in total. The van der Waals surface area contributed by atoms with E-state index in [0.29, 0.717) is 15.0 Å². The lowest BCUT2D eigenvalue weighted by Gasteiger charge is -2.10. The Bertz CT molecular complexity index is 698. The highest BCUT2D eigenvalue weighted by molar-refractivity contribution is 9.11. The number of rotatable bonds is 4. The molecule has 0 fully saturated rings. The number of hydrogen-bond donors (Lipinski definition) is 2. The van der Waals surface area contributed by atoms with Crippen molar-refractivity contribution in [3.05, 3.63) is 43.5 Å². The molecule has 1 aromatic heterocycles.